The summed E-state index contributed by atoms with van der Waals surface area (Å²) in [4.78, 5) is 51.2. The van der Waals surface area contributed by atoms with E-state index in [-0.39, 0.29) is 50.0 Å². The molecular formula is C23H14Cl2N2O4. The van der Waals surface area contributed by atoms with Gasteiger partial charge in [0.1, 0.15) is 0 Å². The summed E-state index contributed by atoms with van der Waals surface area (Å²) < 4.78 is 0.779. The van der Waals surface area contributed by atoms with E-state index in [4.69, 9.17) is 23.4 Å². The number of hydrogen-bond acceptors (Lipinski definition) is 4. The Kier molecular flexibility index (Phi) is 5.35. The molecule has 0 heterocycles. The highest BCUT2D eigenvalue weighted by Crippen LogP contribution is 2.39. The van der Waals surface area contributed by atoms with Gasteiger partial charge in [0.2, 0.25) is 5.91 Å². The molecule has 2 amide bonds. The molecule has 8 heteroatoms. The van der Waals surface area contributed by atoms with Crippen molar-refractivity contribution >= 4 is 58.1 Å². The largest absolute Gasteiger partial charge is 0.319 e. The number of halogens is 2. The fraction of sp³-hybridized carbons (Fsp3) is 0.0435. The number of amides is 2. The normalized spacial score (nSPS) is 12.1. The van der Waals surface area contributed by atoms with E-state index in [1.165, 1.54) is 31.2 Å². The molecule has 4 rings (SSSR count). The summed E-state index contributed by atoms with van der Waals surface area (Å²) >= 11 is 12.3. The van der Waals surface area contributed by atoms with Crippen molar-refractivity contribution in [3.63, 3.8) is 0 Å². The Morgan fingerprint density at radius 1 is 0.839 bits per heavy atom. The standard InChI is InChI=1S/C23H14Cl2N2O4/c1-12(28)27(25)18-11-10-16-19(22(30)14-7-3-2-6-13(14)21(16)29)20(18)26-23(31)15-8-4-5-9-17(15)24/h2-11H,1H3,(H,26,31). The lowest BCUT2D eigenvalue weighted by atomic mass is 9.82. The molecule has 3 aromatic rings. The topological polar surface area (TPSA) is 83.6 Å². The van der Waals surface area contributed by atoms with Crippen LogP contribution in [0, 0.1) is 0 Å². The fourth-order valence-corrected chi connectivity index (χ4v) is 3.82. The first kappa shape index (κ1) is 20.8. The third-order valence-electron chi connectivity index (χ3n) is 4.92. The molecule has 0 saturated heterocycles. The lowest BCUT2D eigenvalue weighted by Crippen LogP contribution is -2.27. The van der Waals surface area contributed by atoms with Gasteiger partial charge in [-0.1, -0.05) is 48.0 Å². The first-order valence-electron chi connectivity index (χ1n) is 9.19. The first-order valence-corrected chi connectivity index (χ1v) is 9.90. The van der Waals surface area contributed by atoms with Crippen molar-refractivity contribution in [2.45, 2.75) is 6.92 Å². The average Bonchev–Trinajstić information content (AvgIpc) is 2.77. The molecule has 0 unspecified atom stereocenters. The van der Waals surface area contributed by atoms with Crippen LogP contribution in [0.3, 0.4) is 0 Å². The Bertz CT molecular complexity index is 1290. The highest BCUT2D eigenvalue weighted by Gasteiger charge is 2.34. The zero-order valence-electron chi connectivity index (χ0n) is 16.1. The van der Waals surface area contributed by atoms with E-state index in [0.717, 1.165) is 4.42 Å². The minimum atomic E-state index is -0.618. The van der Waals surface area contributed by atoms with Gasteiger partial charge < -0.3 is 5.32 Å². The number of hydrogen-bond donors (Lipinski definition) is 1. The SMILES string of the molecule is CC(=O)N(Cl)c1ccc2c(c1NC(=O)c1ccccc1Cl)C(=O)c1ccccc1C2=O. The van der Waals surface area contributed by atoms with Crippen molar-refractivity contribution in [2.75, 3.05) is 9.74 Å². The van der Waals surface area contributed by atoms with E-state index in [1.54, 1.807) is 36.4 Å². The van der Waals surface area contributed by atoms with Crippen molar-refractivity contribution < 1.29 is 19.2 Å². The lowest BCUT2D eigenvalue weighted by molar-refractivity contribution is -0.115. The number of nitrogens with one attached hydrogen (secondary N) is 1. The van der Waals surface area contributed by atoms with Gasteiger partial charge >= 0.3 is 0 Å². The van der Waals surface area contributed by atoms with E-state index in [1.807, 2.05) is 0 Å². The van der Waals surface area contributed by atoms with Crippen LogP contribution in [0.1, 0.15) is 49.1 Å². The highest BCUT2D eigenvalue weighted by atomic mass is 35.5. The Balaban J connectivity index is 1.93. The van der Waals surface area contributed by atoms with Crippen LogP contribution in [0.15, 0.2) is 60.7 Å². The molecule has 6 nitrogen and oxygen atoms in total. The minimum absolute atomic E-state index is 0.0338. The predicted octanol–water partition coefficient (Wildman–Crippen LogP) is 4.87. The predicted molar refractivity (Wildman–Crippen MR) is 118 cm³/mol. The molecule has 0 atom stereocenters. The van der Waals surface area contributed by atoms with E-state index >= 15 is 0 Å². The monoisotopic (exact) mass is 452 g/mol. The second-order valence-electron chi connectivity index (χ2n) is 6.82. The maximum atomic E-state index is 13.3. The Morgan fingerprint density at radius 2 is 1.45 bits per heavy atom. The van der Waals surface area contributed by atoms with Gasteiger partial charge in [-0.15, -0.1) is 0 Å². The second-order valence-corrected chi connectivity index (χ2v) is 7.57. The van der Waals surface area contributed by atoms with E-state index in [0.29, 0.717) is 0 Å². The summed E-state index contributed by atoms with van der Waals surface area (Å²) in [5.74, 6) is -1.98. The molecule has 0 saturated carbocycles. The smallest absolute Gasteiger partial charge is 0.257 e. The summed E-state index contributed by atoms with van der Waals surface area (Å²) in [7, 11) is 0. The van der Waals surface area contributed by atoms with Gasteiger partial charge in [-0.05, 0) is 24.3 Å². The number of rotatable bonds is 3. The molecule has 3 aromatic carbocycles. The number of anilines is 2. The third kappa shape index (κ3) is 3.50. The summed E-state index contributed by atoms with van der Waals surface area (Å²) in [6.07, 6.45) is 0. The highest BCUT2D eigenvalue weighted by molar-refractivity contribution is 6.39. The summed E-state index contributed by atoms with van der Waals surface area (Å²) in [6.45, 7) is 1.23. The van der Waals surface area contributed by atoms with Crippen molar-refractivity contribution in [1.29, 1.82) is 0 Å². The molecule has 1 N–H and O–H groups in total. The molecule has 0 fully saturated rings. The van der Waals surface area contributed by atoms with Gasteiger partial charge in [0.15, 0.2) is 11.6 Å². The number of nitrogens with zero attached hydrogens (tertiary/aromatic N) is 1. The Hall–Kier alpha value is -3.48. The van der Waals surface area contributed by atoms with Crippen molar-refractivity contribution in [2.24, 2.45) is 0 Å². The molecule has 0 bridgehead atoms. The number of benzene rings is 3. The van der Waals surface area contributed by atoms with Gasteiger partial charge in [-0.3, -0.25) is 19.2 Å². The summed E-state index contributed by atoms with van der Waals surface area (Å²) in [6, 6.07) is 15.6. The molecule has 0 radical (unpaired) electrons. The average molecular weight is 453 g/mol. The van der Waals surface area contributed by atoms with Crippen molar-refractivity contribution in [3.8, 4) is 0 Å². The fourth-order valence-electron chi connectivity index (χ4n) is 3.46. The lowest BCUT2D eigenvalue weighted by Gasteiger charge is -2.24. The maximum Gasteiger partial charge on any atom is 0.257 e. The van der Waals surface area contributed by atoms with Crippen LogP contribution < -0.4 is 9.74 Å². The van der Waals surface area contributed by atoms with Crippen LogP contribution in [0.4, 0.5) is 11.4 Å². The zero-order chi connectivity index (χ0) is 22.3. The minimum Gasteiger partial charge on any atom is -0.319 e. The summed E-state index contributed by atoms with van der Waals surface area (Å²) in [5, 5.41) is 2.84. The molecule has 0 aromatic heterocycles. The van der Waals surface area contributed by atoms with Gasteiger partial charge in [0.05, 0.1) is 27.5 Å². The molecule has 154 valence electrons. The van der Waals surface area contributed by atoms with Crippen LogP contribution in [0.2, 0.25) is 5.02 Å². The van der Waals surface area contributed by atoms with Crippen LogP contribution in [-0.4, -0.2) is 23.4 Å². The molecule has 1 aliphatic rings. The third-order valence-corrected chi connectivity index (χ3v) is 5.67. The van der Waals surface area contributed by atoms with Crippen LogP contribution in [0.5, 0.6) is 0 Å². The molecule has 0 aliphatic heterocycles. The van der Waals surface area contributed by atoms with Gasteiger partial charge in [-0.25, -0.2) is 4.42 Å². The molecule has 1 aliphatic carbocycles. The first-order chi connectivity index (χ1) is 14.8. The number of carbonyl (C=O) groups is 4. The maximum absolute atomic E-state index is 13.3. The van der Waals surface area contributed by atoms with Gasteiger partial charge in [0, 0.05) is 35.4 Å². The van der Waals surface area contributed by atoms with Crippen LogP contribution in [-0.2, 0) is 4.79 Å². The van der Waals surface area contributed by atoms with Gasteiger partial charge in [-0.2, -0.15) is 0 Å². The van der Waals surface area contributed by atoms with E-state index in [9.17, 15) is 19.2 Å². The van der Waals surface area contributed by atoms with Gasteiger partial charge in [0.25, 0.3) is 5.91 Å². The quantitative estimate of drug-likeness (QED) is 0.449. The molecular weight excluding hydrogens is 439 g/mol. The number of carbonyl (C=O) groups excluding carboxylic acids is 4. The van der Waals surface area contributed by atoms with Crippen molar-refractivity contribution in [3.05, 3.63) is 93.5 Å². The van der Waals surface area contributed by atoms with Crippen molar-refractivity contribution in [1.82, 2.24) is 0 Å². The number of fused-ring (bicyclic) bond motifs is 2. The Morgan fingerprint density at radius 3 is 2.10 bits per heavy atom. The molecule has 31 heavy (non-hydrogen) atoms. The van der Waals surface area contributed by atoms with Crippen LogP contribution in [0.25, 0.3) is 0 Å². The van der Waals surface area contributed by atoms with E-state index in [2.05, 4.69) is 5.32 Å². The van der Waals surface area contributed by atoms with Crippen LogP contribution >= 0.6 is 23.4 Å². The van der Waals surface area contributed by atoms with E-state index < -0.39 is 17.6 Å². The number of ketones is 2. The summed E-state index contributed by atoms with van der Waals surface area (Å²) in [5.41, 5.74) is 0.727. The second kappa shape index (κ2) is 7.98. The molecule has 0 spiro atoms. The Labute approximate surface area is 187 Å². The zero-order valence-corrected chi connectivity index (χ0v) is 17.6.